The third-order valence-corrected chi connectivity index (χ3v) is 3.95. The summed E-state index contributed by atoms with van der Waals surface area (Å²) in [5, 5.41) is 20.6. The molecule has 0 aromatic carbocycles. The fourth-order valence-corrected chi connectivity index (χ4v) is 2.12. The Kier molecular flexibility index (Phi) is 6.07. The van der Waals surface area contributed by atoms with E-state index in [4.69, 9.17) is 9.99 Å². The molecule has 0 aromatic rings. The normalized spacial score (nSPS) is 26.9. The molecular formula is C10H15F3O6S. The maximum atomic E-state index is 12.9. The number of carbonyl (C=O) groups is 1. The van der Waals surface area contributed by atoms with Crippen LogP contribution in [-0.2, 0) is 18.9 Å². The minimum absolute atomic E-state index is 0.295. The molecule has 1 saturated carbocycles. The van der Waals surface area contributed by atoms with Gasteiger partial charge in [0.05, 0.1) is 18.1 Å². The van der Waals surface area contributed by atoms with Gasteiger partial charge in [-0.1, -0.05) is 11.5 Å². The molecule has 0 radical (unpaired) electrons. The van der Waals surface area contributed by atoms with Gasteiger partial charge in [0.25, 0.3) is 0 Å². The second kappa shape index (κ2) is 6.94. The molecule has 0 heterocycles. The molecule has 1 aliphatic carbocycles. The smallest absolute Gasteiger partial charge is 0.415 e. The van der Waals surface area contributed by atoms with E-state index in [1.807, 2.05) is 0 Å². The highest BCUT2D eigenvalue weighted by molar-refractivity contribution is 7.96. The highest BCUT2D eigenvalue weighted by atomic mass is 32.2. The Hall–Kier alpha value is -0.550. The van der Waals surface area contributed by atoms with E-state index < -0.39 is 41.1 Å². The molecule has 0 bridgehead atoms. The van der Waals surface area contributed by atoms with Crippen molar-refractivity contribution < 1.29 is 42.4 Å². The molecule has 0 amide bonds. The molecule has 3 unspecified atom stereocenters. The molecule has 0 saturated heterocycles. The summed E-state index contributed by atoms with van der Waals surface area (Å²) in [6.45, 7) is 0.536. The Morgan fingerprint density at radius 1 is 1.30 bits per heavy atom. The van der Waals surface area contributed by atoms with E-state index in [2.05, 4.69) is 9.37 Å². The standard InChI is InChI=1S/C10H15F3O6S/c1-9(10(11,12)13,20-19-18-16)8(15)17-7-5-3-2-4-6(7)14/h6-7,14,16H,2-5H2,1H3. The maximum Gasteiger partial charge on any atom is 0.415 e. The highest BCUT2D eigenvalue weighted by Gasteiger charge is 2.61. The second-order valence-corrected chi connectivity index (χ2v) is 5.67. The molecule has 0 spiro atoms. The summed E-state index contributed by atoms with van der Waals surface area (Å²) in [6.07, 6.45) is -4.91. The van der Waals surface area contributed by atoms with Gasteiger partial charge in [0.1, 0.15) is 6.10 Å². The van der Waals surface area contributed by atoms with Crippen molar-refractivity contribution in [1.29, 1.82) is 0 Å². The lowest BCUT2D eigenvalue weighted by atomic mass is 9.94. The van der Waals surface area contributed by atoms with Crippen LogP contribution in [0.15, 0.2) is 0 Å². The van der Waals surface area contributed by atoms with Crippen LogP contribution in [0.5, 0.6) is 0 Å². The van der Waals surface area contributed by atoms with Crippen molar-refractivity contribution in [2.45, 2.75) is 55.7 Å². The van der Waals surface area contributed by atoms with Gasteiger partial charge < -0.3 is 9.84 Å². The van der Waals surface area contributed by atoms with Gasteiger partial charge in [0.2, 0.25) is 4.75 Å². The number of hydrogen-bond donors (Lipinski definition) is 2. The summed E-state index contributed by atoms with van der Waals surface area (Å²) in [5.41, 5.74) is 0. The molecule has 118 valence electrons. The van der Waals surface area contributed by atoms with Gasteiger partial charge in [-0.15, -0.1) is 4.33 Å². The first-order valence-corrected chi connectivity index (χ1v) is 6.58. The van der Waals surface area contributed by atoms with Gasteiger partial charge in [0, 0.05) is 0 Å². The van der Waals surface area contributed by atoms with Crippen LogP contribution < -0.4 is 0 Å². The quantitative estimate of drug-likeness (QED) is 0.348. The van der Waals surface area contributed by atoms with Crippen molar-refractivity contribution in [3.05, 3.63) is 0 Å². The number of rotatable bonds is 5. The number of alkyl halides is 3. The SMILES string of the molecule is CC(SOOO)(C(=O)OC1CCCCC1O)C(F)(F)F. The largest absolute Gasteiger partial charge is 0.458 e. The van der Waals surface area contributed by atoms with Crippen molar-refractivity contribution in [1.82, 2.24) is 0 Å². The monoisotopic (exact) mass is 320 g/mol. The van der Waals surface area contributed by atoms with Crippen molar-refractivity contribution >= 4 is 18.0 Å². The Morgan fingerprint density at radius 3 is 2.40 bits per heavy atom. The minimum atomic E-state index is -4.99. The average molecular weight is 320 g/mol. The number of aliphatic hydroxyl groups is 1. The predicted molar refractivity (Wildman–Crippen MR) is 61.2 cm³/mol. The van der Waals surface area contributed by atoms with Gasteiger partial charge in [-0.25, -0.2) is 5.26 Å². The maximum absolute atomic E-state index is 12.9. The van der Waals surface area contributed by atoms with Crippen molar-refractivity contribution in [2.75, 3.05) is 0 Å². The van der Waals surface area contributed by atoms with E-state index in [1.165, 1.54) is 0 Å². The van der Waals surface area contributed by atoms with Crippen LogP contribution in [0.25, 0.3) is 0 Å². The Morgan fingerprint density at radius 2 is 1.90 bits per heavy atom. The van der Waals surface area contributed by atoms with E-state index in [0.29, 0.717) is 26.2 Å². The predicted octanol–water partition coefficient (Wildman–Crippen LogP) is 2.22. The molecule has 10 heteroatoms. The zero-order chi connectivity index (χ0) is 15.4. The summed E-state index contributed by atoms with van der Waals surface area (Å²) in [6, 6.07) is 0. The van der Waals surface area contributed by atoms with Crippen LogP contribution in [0.2, 0.25) is 0 Å². The van der Waals surface area contributed by atoms with Gasteiger partial charge in [0.15, 0.2) is 0 Å². The van der Waals surface area contributed by atoms with E-state index in [9.17, 15) is 23.1 Å². The Bertz CT molecular complexity index is 339. The van der Waals surface area contributed by atoms with Crippen LogP contribution in [0, 0.1) is 0 Å². The van der Waals surface area contributed by atoms with Crippen LogP contribution in [0.3, 0.4) is 0 Å². The summed E-state index contributed by atoms with van der Waals surface area (Å²) in [4.78, 5) is 11.7. The number of ether oxygens (including phenoxy) is 1. The van der Waals surface area contributed by atoms with Crippen LogP contribution in [-0.4, -0.2) is 39.5 Å². The third kappa shape index (κ3) is 3.98. The number of hydrogen-bond acceptors (Lipinski definition) is 7. The van der Waals surface area contributed by atoms with Gasteiger partial charge in [-0.05, 0) is 26.2 Å². The van der Waals surface area contributed by atoms with E-state index in [0.717, 1.165) is 6.42 Å². The zero-order valence-corrected chi connectivity index (χ0v) is 11.4. The van der Waals surface area contributed by atoms with Crippen LogP contribution in [0.1, 0.15) is 32.6 Å². The molecule has 2 N–H and O–H groups in total. The van der Waals surface area contributed by atoms with Crippen molar-refractivity contribution in [2.24, 2.45) is 0 Å². The van der Waals surface area contributed by atoms with Crippen LogP contribution >= 0.6 is 12.0 Å². The van der Waals surface area contributed by atoms with E-state index in [1.54, 1.807) is 0 Å². The first-order chi connectivity index (χ1) is 9.22. The molecule has 1 aliphatic rings. The first-order valence-electron chi connectivity index (χ1n) is 5.84. The molecule has 20 heavy (non-hydrogen) atoms. The third-order valence-electron chi connectivity index (χ3n) is 3.09. The lowest BCUT2D eigenvalue weighted by Gasteiger charge is -2.32. The highest BCUT2D eigenvalue weighted by Crippen LogP contribution is 2.43. The lowest BCUT2D eigenvalue weighted by molar-refractivity contribution is -0.433. The van der Waals surface area contributed by atoms with Crippen molar-refractivity contribution in [3.8, 4) is 0 Å². The molecule has 0 aliphatic heterocycles. The number of esters is 1. The summed E-state index contributed by atoms with van der Waals surface area (Å²) < 4.78 is 44.2. The number of halogens is 3. The number of carbonyl (C=O) groups excluding carboxylic acids is 1. The minimum Gasteiger partial charge on any atom is -0.458 e. The Balaban J connectivity index is 2.77. The van der Waals surface area contributed by atoms with Crippen LogP contribution in [0.4, 0.5) is 13.2 Å². The summed E-state index contributed by atoms with van der Waals surface area (Å²) in [5.74, 6) is -1.61. The average Bonchev–Trinajstić information content (AvgIpc) is 2.37. The van der Waals surface area contributed by atoms with E-state index in [-0.39, 0.29) is 0 Å². The fraction of sp³-hybridized carbons (Fsp3) is 0.900. The molecule has 3 atom stereocenters. The summed E-state index contributed by atoms with van der Waals surface area (Å²) in [7, 11) is 0. The molecule has 0 aromatic heterocycles. The van der Waals surface area contributed by atoms with Gasteiger partial charge in [-0.3, -0.25) is 4.79 Å². The molecule has 6 nitrogen and oxygen atoms in total. The molecule has 1 fully saturated rings. The number of aliphatic hydroxyl groups excluding tert-OH is 1. The molecular weight excluding hydrogens is 305 g/mol. The lowest BCUT2D eigenvalue weighted by Crippen LogP contribution is -2.50. The fourth-order valence-electron chi connectivity index (χ4n) is 1.74. The van der Waals surface area contributed by atoms with Gasteiger partial charge in [-0.2, -0.15) is 13.2 Å². The Labute approximate surface area is 117 Å². The first kappa shape index (κ1) is 17.5. The van der Waals surface area contributed by atoms with Gasteiger partial charge >= 0.3 is 12.1 Å². The van der Waals surface area contributed by atoms with E-state index >= 15 is 0 Å². The summed E-state index contributed by atoms with van der Waals surface area (Å²) >= 11 is -0.425. The second-order valence-electron chi connectivity index (χ2n) is 4.55. The zero-order valence-electron chi connectivity index (χ0n) is 10.6. The molecule has 1 rings (SSSR count). The topological polar surface area (TPSA) is 85.2 Å². The van der Waals surface area contributed by atoms with Crippen molar-refractivity contribution in [3.63, 3.8) is 0 Å².